The minimum absolute atomic E-state index is 0.169. The molecule has 1 heterocycles. The van der Waals surface area contributed by atoms with Crippen molar-refractivity contribution in [1.29, 1.82) is 0 Å². The Balaban J connectivity index is 2.17. The lowest BCUT2D eigenvalue weighted by Crippen LogP contribution is -2.34. The highest BCUT2D eigenvalue weighted by Gasteiger charge is 2.29. The van der Waals surface area contributed by atoms with Crippen LogP contribution in [0.5, 0.6) is 0 Å². The summed E-state index contributed by atoms with van der Waals surface area (Å²) in [4.78, 5) is 0. The van der Waals surface area contributed by atoms with Gasteiger partial charge in [-0.1, -0.05) is 25.1 Å². The van der Waals surface area contributed by atoms with Gasteiger partial charge >= 0.3 is 0 Å². The van der Waals surface area contributed by atoms with E-state index in [4.69, 9.17) is 5.73 Å². The average Bonchev–Trinajstić information content (AvgIpc) is 2.32. The molecule has 2 N–H and O–H groups in total. The van der Waals surface area contributed by atoms with Crippen LogP contribution in [0.3, 0.4) is 0 Å². The summed E-state index contributed by atoms with van der Waals surface area (Å²) in [6, 6.07) is 6.81. The molecule has 1 nitrogen and oxygen atoms in total. The molecule has 3 heteroatoms. The summed E-state index contributed by atoms with van der Waals surface area (Å²) in [5.74, 6) is 2.50. The lowest BCUT2D eigenvalue weighted by atomic mass is 9.98. The van der Waals surface area contributed by atoms with Gasteiger partial charge in [0.2, 0.25) is 0 Å². The minimum Gasteiger partial charge on any atom is -0.323 e. The predicted molar refractivity (Wildman–Crippen MR) is 81.0 cm³/mol. The quantitative estimate of drug-likeness (QED) is 0.887. The highest BCUT2D eigenvalue weighted by molar-refractivity contribution is 8.07. The van der Waals surface area contributed by atoms with Gasteiger partial charge in [-0.15, -0.1) is 0 Å². The zero-order valence-electron chi connectivity index (χ0n) is 10.8. The standard InChI is InChI=1S/C14H21NS2/c1-9-4-5-12(8-10(9)2)13(15)14-11(3)16-6-7-17-14/h4-5,8,11,13-14H,6-7,15H2,1-3H3. The van der Waals surface area contributed by atoms with E-state index >= 15 is 0 Å². The Bertz CT molecular complexity index is 392. The Morgan fingerprint density at radius 3 is 2.53 bits per heavy atom. The van der Waals surface area contributed by atoms with Gasteiger partial charge in [0.05, 0.1) is 0 Å². The summed E-state index contributed by atoms with van der Waals surface area (Å²) < 4.78 is 0. The Kier molecular flexibility index (Phi) is 4.45. The van der Waals surface area contributed by atoms with Gasteiger partial charge in [0, 0.05) is 28.0 Å². The summed E-state index contributed by atoms with van der Waals surface area (Å²) in [6.45, 7) is 6.62. The highest BCUT2D eigenvalue weighted by atomic mass is 32.2. The highest BCUT2D eigenvalue weighted by Crippen LogP contribution is 2.37. The summed E-state index contributed by atoms with van der Waals surface area (Å²) >= 11 is 4.09. The number of aryl methyl sites for hydroxylation is 2. The van der Waals surface area contributed by atoms with E-state index in [1.165, 1.54) is 28.2 Å². The molecule has 1 aromatic carbocycles. The summed E-state index contributed by atoms with van der Waals surface area (Å²) in [7, 11) is 0. The molecule has 2 rings (SSSR count). The van der Waals surface area contributed by atoms with Gasteiger partial charge < -0.3 is 5.73 Å². The molecule has 0 aliphatic carbocycles. The second-order valence-corrected chi connectivity index (χ2v) is 7.55. The van der Waals surface area contributed by atoms with Crippen LogP contribution in [-0.2, 0) is 0 Å². The SMILES string of the molecule is Cc1ccc(C(N)C2SCCSC2C)cc1C. The van der Waals surface area contributed by atoms with Crippen molar-refractivity contribution < 1.29 is 0 Å². The van der Waals surface area contributed by atoms with Crippen molar-refractivity contribution in [3.8, 4) is 0 Å². The van der Waals surface area contributed by atoms with E-state index in [1.807, 2.05) is 11.8 Å². The Morgan fingerprint density at radius 2 is 1.88 bits per heavy atom. The Hall–Kier alpha value is -0.120. The van der Waals surface area contributed by atoms with Crippen molar-refractivity contribution >= 4 is 23.5 Å². The van der Waals surface area contributed by atoms with E-state index in [9.17, 15) is 0 Å². The molecule has 3 atom stereocenters. The van der Waals surface area contributed by atoms with Crippen LogP contribution < -0.4 is 5.73 Å². The van der Waals surface area contributed by atoms with Crippen LogP contribution in [0.2, 0.25) is 0 Å². The molecule has 1 aliphatic heterocycles. The first-order chi connectivity index (χ1) is 8.09. The van der Waals surface area contributed by atoms with Crippen LogP contribution in [-0.4, -0.2) is 22.0 Å². The number of hydrogen-bond acceptors (Lipinski definition) is 3. The molecule has 0 bridgehead atoms. The number of hydrogen-bond donors (Lipinski definition) is 1. The molecule has 3 unspecified atom stereocenters. The topological polar surface area (TPSA) is 26.0 Å². The van der Waals surface area contributed by atoms with Gasteiger partial charge in [-0.25, -0.2) is 0 Å². The maximum absolute atomic E-state index is 6.44. The molecule has 0 saturated carbocycles. The third-order valence-electron chi connectivity index (χ3n) is 3.51. The van der Waals surface area contributed by atoms with Crippen molar-refractivity contribution in [3.05, 3.63) is 34.9 Å². The van der Waals surface area contributed by atoms with Crippen molar-refractivity contribution in [2.45, 2.75) is 37.3 Å². The van der Waals surface area contributed by atoms with Gasteiger partial charge in [0.25, 0.3) is 0 Å². The fourth-order valence-corrected chi connectivity index (χ4v) is 5.09. The third kappa shape index (κ3) is 3.01. The molecule has 0 amide bonds. The largest absolute Gasteiger partial charge is 0.323 e. The molecule has 1 aliphatic rings. The molecule has 17 heavy (non-hydrogen) atoms. The van der Waals surface area contributed by atoms with Gasteiger partial charge in [-0.05, 0) is 30.5 Å². The van der Waals surface area contributed by atoms with Gasteiger partial charge in [-0.3, -0.25) is 0 Å². The van der Waals surface area contributed by atoms with Crippen LogP contribution in [0.1, 0.15) is 29.7 Å². The lowest BCUT2D eigenvalue weighted by Gasteiger charge is -2.32. The van der Waals surface area contributed by atoms with Crippen molar-refractivity contribution in [1.82, 2.24) is 0 Å². The fourth-order valence-electron chi connectivity index (χ4n) is 2.21. The maximum Gasteiger partial charge on any atom is 0.0426 e. The Morgan fingerprint density at radius 1 is 1.18 bits per heavy atom. The minimum atomic E-state index is 0.169. The van der Waals surface area contributed by atoms with E-state index in [0.29, 0.717) is 10.5 Å². The van der Waals surface area contributed by atoms with E-state index < -0.39 is 0 Å². The van der Waals surface area contributed by atoms with Crippen LogP contribution in [0.15, 0.2) is 18.2 Å². The molecule has 0 spiro atoms. The Labute approximate surface area is 113 Å². The first kappa shape index (κ1) is 13.3. The number of benzene rings is 1. The number of nitrogens with two attached hydrogens (primary N) is 1. The second kappa shape index (κ2) is 5.68. The summed E-state index contributed by atoms with van der Waals surface area (Å²) in [5.41, 5.74) is 10.4. The zero-order valence-corrected chi connectivity index (χ0v) is 12.4. The zero-order chi connectivity index (χ0) is 12.4. The average molecular weight is 267 g/mol. The third-order valence-corrected chi connectivity index (χ3v) is 6.72. The monoisotopic (exact) mass is 267 g/mol. The van der Waals surface area contributed by atoms with Crippen molar-refractivity contribution in [3.63, 3.8) is 0 Å². The first-order valence-corrected chi connectivity index (χ1v) is 8.25. The van der Waals surface area contributed by atoms with E-state index in [2.05, 4.69) is 50.7 Å². The van der Waals surface area contributed by atoms with Crippen LogP contribution in [0.4, 0.5) is 0 Å². The predicted octanol–water partition coefficient (Wildman–Crippen LogP) is 3.54. The van der Waals surface area contributed by atoms with E-state index in [0.717, 1.165) is 0 Å². The van der Waals surface area contributed by atoms with Gasteiger partial charge in [-0.2, -0.15) is 23.5 Å². The molecule has 1 aromatic rings. The molecule has 1 saturated heterocycles. The lowest BCUT2D eigenvalue weighted by molar-refractivity contribution is 0.663. The van der Waals surface area contributed by atoms with E-state index in [1.54, 1.807) is 0 Å². The maximum atomic E-state index is 6.44. The van der Waals surface area contributed by atoms with Gasteiger partial charge in [0.1, 0.15) is 0 Å². The number of rotatable bonds is 2. The molecular weight excluding hydrogens is 246 g/mol. The first-order valence-electron chi connectivity index (χ1n) is 6.15. The molecular formula is C14H21NS2. The molecule has 1 fully saturated rings. The molecule has 0 radical (unpaired) electrons. The molecule has 94 valence electrons. The van der Waals surface area contributed by atoms with Crippen LogP contribution in [0, 0.1) is 13.8 Å². The summed E-state index contributed by atoms with van der Waals surface area (Å²) in [6.07, 6.45) is 0. The van der Waals surface area contributed by atoms with Crippen molar-refractivity contribution in [2.75, 3.05) is 11.5 Å². The second-order valence-electron chi connectivity index (χ2n) is 4.78. The normalized spacial score (nSPS) is 26.8. The van der Waals surface area contributed by atoms with Crippen LogP contribution in [0.25, 0.3) is 0 Å². The molecule has 0 aromatic heterocycles. The van der Waals surface area contributed by atoms with Gasteiger partial charge in [0.15, 0.2) is 0 Å². The van der Waals surface area contributed by atoms with Crippen molar-refractivity contribution in [2.24, 2.45) is 5.73 Å². The van der Waals surface area contributed by atoms with Crippen LogP contribution >= 0.6 is 23.5 Å². The number of thioether (sulfide) groups is 2. The summed E-state index contributed by atoms with van der Waals surface area (Å²) in [5, 5.41) is 1.21. The fraction of sp³-hybridized carbons (Fsp3) is 0.571. The smallest absolute Gasteiger partial charge is 0.0426 e. The van der Waals surface area contributed by atoms with E-state index in [-0.39, 0.29) is 6.04 Å².